The first kappa shape index (κ1) is 15.4. The number of rotatable bonds is 6. The summed E-state index contributed by atoms with van der Waals surface area (Å²) in [4.78, 5) is -0.237. The minimum Gasteiger partial charge on any atom is -0.310 e. The molecule has 0 heterocycles. The Bertz CT molecular complexity index is 657. The second-order valence-corrected chi connectivity index (χ2v) is 8.67. The summed E-state index contributed by atoms with van der Waals surface area (Å²) < 4.78 is 41.5. The third-order valence-electron chi connectivity index (χ3n) is 3.96. The van der Waals surface area contributed by atoms with E-state index in [9.17, 15) is 12.8 Å². The molecule has 0 bridgehead atoms. The van der Waals surface area contributed by atoms with Crippen molar-refractivity contribution in [3.05, 3.63) is 28.0 Å². The van der Waals surface area contributed by atoms with Gasteiger partial charge in [-0.05, 0) is 37.8 Å². The molecule has 2 saturated carbocycles. The fourth-order valence-corrected chi connectivity index (χ4v) is 4.47. The van der Waals surface area contributed by atoms with E-state index in [1.54, 1.807) is 6.07 Å². The van der Waals surface area contributed by atoms with E-state index in [1.165, 1.54) is 17.4 Å². The van der Waals surface area contributed by atoms with Crippen LogP contribution >= 0.6 is 15.9 Å². The Morgan fingerprint density at radius 3 is 2.57 bits per heavy atom. The van der Waals surface area contributed by atoms with Crippen LogP contribution < -0.4 is 5.32 Å². The van der Waals surface area contributed by atoms with E-state index in [-0.39, 0.29) is 10.9 Å². The molecule has 1 N–H and O–H groups in total. The number of sulfonamides is 1. The van der Waals surface area contributed by atoms with Crippen molar-refractivity contribution in [3.63, 3.8) is 0 Å². The Balaban J connectivity index is 1.92. The summed E-state index contributed by atoms with van der Waals surface area (Å²) in [5.41, 5.74) is 0.388. The molecule has 0 aromatic heterocycles. The Labute approximate surface area is 132 Å². The lowest BCUT2D eigenvalue weighted by Crippen LogP contribution is -2.30. The van der Waals surface area contributed by atoms with Gasteiger partial charge < -0.3 is 5.32 Å². The molecule has 7 heteroatoms. The van der Waals surface area contributed by atoms with Gasteiger partial charge in [-0.1, -0.05) is 15.9 Å². The summed E-state index contributed by atoms with van der Waals surface area (Å²) in [7, 11) is -2.25. The Kier molecular flexibility index (Phi) is 4.11. The summed E-state index contributed by atoms with van der Waals surface area (Å²) in [5, 5.41) is 3.21. The molecule has 0 aliphatic heterocycles. The summed E-state index contributed by atoms with van der Waals surface area (Å²) in [6.07, 6.45) is 3.90. The average Bonchev–Trinajstić information content (AvgIpc) is 3.30. The van der Waals surface area contributed by atoms with E-state index >= 15 is 0 Å². The molecular weight excluding hydrogens is 359 g/mol. The van der Waals surface area contributed by atoms with E-state index in [0.29, 0.717) is 22.6 Å². The van der Waals surface area contributed by atoms with Crippen LogP contribution in [-0.2, 0) is 16.6 Å². The number of nitrogens with one attached hydrogen (secondary N) is 1. The molecular formula is C14H18BrFN2O2S. The minimum atomic E-state index is -3.77. The third kappa shape index (κ3) is 3.31. The van der Waals surface area contributed by atoms with Crippen molar-refractivity contribution in [3.8, 4) is 0 Å². The summed E-state index contributed by atoms with van der Waals surface area (Å²) in [6, 6.07) is 3.45. The third-order valence-corrected chi connectivity index (χ3v) is 6.32. The monoisotopic (exact) mass is 376 g/mol. The lowest BCUT2D eigenvalue weighted by molar-refractivity contribution is 0.456. The second kappa shape index (κ2) is 5.61. The molecule has 2 aliphatic carbocycles. The summed E-state index contributed by atoms with van der Waals surface area (Å²) in [6.45, 7) is 0.353. The zero-order valence-corrected chi connectivity index (χ0v) is 14.2. The van der Waals surface area contributed by atoms with E-state index in [2.05, 4.69) is 21.2 Å². The predicted octanol–water partition coefficient (Wildman–Crippen LogP) is 2.62. The topological polar surface area (TPSA) is 49.4 Å². The fraction of sp³-hybridized carbons (Fsp3) is 0.571. The number of hydrogen-bond donors (Lipinski definition) is 1. The van der Waals surface area contributed by atoms with Crippen LogP contribution in [-0.4, -0.2) is 31.9 Å². The van der Waals surface area contributed by atoms with Gasteiger partial charge in [-0.15, -0.1) is 0 Å². The highest BCUT2D eigenvalue weighted by Gasteiger charge is 2.37. The van der Waals surface area contributed by atoms with Crippen LogP contribution in [0.15, 0.2) is 21.5 Å². The largest absolute Gasteiger partial charge is 0.310 e. The molecule has 0 unspecified atom stereocenters. The zero-order valence-electron chi connectivity index (χ0n) is 11.8. The minimum absolute atomic E-state index is 0.0152. The first-order chi connectivity index (χ1) is 9.89. The molecule has 2 fully saturated rings. The maximum Gasteiger partial charge on any atom is 0.246 e. The van der Waals surface area contributed by atoms with E-state index in [0.717, 1.165) is 25.7 Å². The molecule has 0 amide bonds. The van der Waals surface area contributed by atoms with Crippen LogP contribution in [0.3, 0.4) is 0 Å². The average molecular weight is 377 g/mol. The second-order valence-electron chi connectivity index (χ2n) is 5.78. The molecule has 1 aromatic carbocycles. The normalized spacial score (nSPS) is 19.2. The van der Waals surface area contributed by atoms with Crippen molar-refractivity contribution < 1.29 is 12.8 Å². The first-order valence-electron chi connectivity index (χ1n) is 7.09. The van der Waals surface area contributed by atoms with Crippen molar-refractivity contribution in [2.24, 2.45) is 0 Å². The molecule has 1 aromatic rings. The highest BCUT2D eigenvalue weighted by molar-refractivity contribution is 9.10. The van der Waals surface area contributed by atoms with E-state index in [4.69, 9.17) is 0 Å². The van der Waals surface area contributed by atoms with Gasteiger partial charge in [-0.3, -0.25) is 0 Å². The van der Waals surface area contributed by atoms with E-state index in [1.807, 2.05) is 0 Å². The van der Waals surface area contributed by atoms with E-state index < -0.39 is 15.8 Å². The van der Waals surface area contributed by atoms with Crippen LogP contribution in [0.25, 0.3) is 0 Å². The SMILES string of the molecule is CN(C1CC1)S(=O)(=O)c1cc(Br)cc(CNC2CC2)c1F. The Morgan fingerprint density at radius 1 is 1.33 bits per heavy atom. The molecule has 3 rings (SSSR count). The van der Waals surface area contributed by atoms with Crippen LogP contribution in [0.1, 0.15) is 31.2 Å². The molecule has 0 radical (unpaired) electrons. The zero-order chi connectivity index (χ0) is 15.2. The van der Waals surface area contributed by atoms with Crippen LogP contribution in [0, 0.1) is 5.82 Å². The number of benzene rings is 1. The van der Waals surface area contributed by atoms with Gasteiger partial charge in [0.1, 0.15) is 10.7 Å². The highest BCUT2D eigenvalue weighted by atomic mass is 79.9. The number of halogens is 2. The molecule has 4 nitrogen and oxygen atoms in total. The summed E-state index contributed by atoms with van der Waals surface area (Å²) >= 11 is 3.29. The number of nitrogens with zero attached hydrogens (tertiary/aromatic N) is 1. The lowest BCUT2D eigenvalue weighted by atomic mass is 10.2. The Hall–Kier alpha value is -0.500. The van der Waals surface area contributed by atoms with Crippen molar-refractivity contribution in [1.29, 1.82) is 0 Å². The molecule has 0 saturated heterocycles. The van der Waals surface area contributed by atoms with Gasteiger partial charge in [0.2, 0.25) is 10.0 Å². The molecule has 0 spiro atoms. The Morgan fingerprint density at radius 2 is 2.00 bits per heavy atom. The van der Waals surface area contributed by atoms with Gasteiger partial charge in [0, 0.05) is 35.7 Å². The molecule has 0 atom stereocenters. The summed E-state index contributed by atoms with van der Waals surface area (Å²) in [5.74, 6) is -0.640. The van der Waals surface area contributed by atoms with Gasteiger partial charge in [0.15, 0.2) is 0 Å². The highest BCUT2D eigenvalue weighted by Crippen LogP contribution is 2.33. The lowest BCUT2D eigenvalue weighted by Gasteiger charge is -2.18. The van der Waals surface area contributed by atoms with Gasteiger partial charge >= 0.3 is 0 Å². The van der Waals surface area contributed by atoms with Crippen molar-refractivity contribution in [1.82, 2.24) is 9.62 Å². The molecule has 21 heavy (non-hydrogen) atoms. The van der Waals surface area contributed by atoms with Crippen molar-refractivity contribution in [2.75, 3.05) is 7.05 Å². The van der Waals surface area contributed by atoms with Crippen LogP contribution in [0.4, 0.5) is 4.39 Å². The van der Waals surface area contributed by atoms with Crippen molar-refractivity contribution in [2.45, 2.75) is 49.2 Å². The van der Waals surface area contributed by atoms with Gasteiger partial charge in [-0.25, -0.2) is 12.8 Å². The first-order valence-corrected chi connectivity index (χ1v) is 9.32. The van der Waals surface area contributed by atoms with Crippen molar-refractivity contribution >= 4 is 26.0 Å². The number of hydrogen-bond acceptors (Lipinski definition) is 3. The molecule has 2 aliphatic rings. The van der Waals surface area contributed by atoms with Crippen LogP contribution in [0.2, 0.25) is 0 Å². The quantitative estimate of drug-likeness (QED) is 0.829. The maximum absolute atomic E-state index is 14.6. The fourth-order valence-electron chi connectivity index (χ4n) is 2.27. The standard InChI is InChI=1S/C14H18BrFN2O2S/c1-18(12-4-5-12)21(19,20)13-7-10(15)6-9(14(13)16)8-17-11-2-3-11/h6-7,11-12,17H,2-5,8H2,1H3. The van der Waals surface area contributed by atoms with Gasteiger partial charge in [-0.2, -0.15) is 4.31 Å². The maximum atomic E-state index is 14.6. The van der Waals surface area contributed by atoms with Crippen LogP contribution in [0.5, 0.6) is 0 Å². The van der Waals surface area contributed by atoms with Gasteiger partial charge in [0.05, 0.1) is 0 Å². The van der Waals surface area contributed by atoms with Gasteiger partial charge in [0.25, 0.3) is 0 Å². The molecule has 116 valence electrons. The predicted molar refractivity (Wildman–Crippen MR) is 81.9 cm³/mol. The smallest absolute Gasteiger partial charge is 0.246 e.